The number of nitrogens with zero attached hydrogens (tertiary/aromatic N) is 4. The number of piperazine rings is 1. The lowest BCUT2D eigenvalue weighted by atomic mass is 9.97. The Morgan fingerprint density at radius 3 is 2.16 bits per heavy atom. The van der Waals surface area contributed by atoms with Gasteiger partial charge >= 0.3 is 6.03 Å². The first kappa shape index (κ1) is 34.3. The van der Waals surface area contributed by atoms with Gasteiger partial charge in [-0.1, -0.05) is 103 Å². The number of amides is 2. The molecule has 262 valence electrons. The molecule has 10 nitrogen and oxygen atoms in total. The van der Waals surface area contributed by atoms with Crippen LogP contribution in [0.25, 0.3) is 11.1 Å². The van der Waals surface area contributed by atoms with Gasteiger partial charge in [0.15, 0.2) is 6.29 Å². The monoisotopic (exact) mass is 684 g/mol. The maximum absolute atomic E-state index is 12.6. The van der Waals surface area contributed by atoms with E-state index in [4.69, 9.17) is 9.47 Å². The molecule has 2 aliphatic heterocycles. The molecule has 4 aromatic carbocycles. The van der Waals surface area contributed by atoms with Gasteiger partial charge in [-0.3, -0.25) is 4.90 Å². The van der Waals surface area contributed by atoms with E-state index in [-0.39, 0.29) is 24.8 Å². The number of ether oxygens (including phenoxy) is 2. The smallest absolute Gasteiger partial charge is 0.315 e. The maximum Gasteiger partial charge on any atom is 0.315 e. The SMILES string of the molecule is O=C(NCc1ccccc1)NCc1ccccc1-c1ccc([C@H]2O[C@@H](CN3CCN(c4ncccn4)CC3)C[C@@H](c3ccc(CO)cc3)O2)cc1. The van der Waals surface area contributed by atoms with E-state index in [0.29, 0.717) is 13.1 Å². The molecule has 3 heterocycles. The van der Waals surface area contributed by atoms with E-state index in [2.05, 4.69) is 60.7 Å². The topological polar surface area (TPSA) is 112 Å². The number of aliphatic hydroxyl groups excluding tert-OH is 1. The summed E-state index contributed by atoms with van der Waals surface area (Å²) in [5.41, 5.74) is 7.06. The average molecular weight is 685 g/mol. The highest BCUT2D eigenvalue weighted by Gasteiger charge is 2.34. The van der Waals surface area contributed by atoms with Crippen LogP contribution in [0.3, 0.4) is 0 Å². The Bertz CT molecular complexity index is 1830. The first-order valence-electron chi connectivity index (χ1n) is 17.6. The number of anilines is 1. The van der Waals surface area contributed by atoms with E-state index in [1.165, 1.54) is 0 Å². The Labute approximate surface area is 299 Å². The quantitative estimate of drug-likeness (QED) is 0.155. The van der Waals surface area contributed by atoms with Gasteiger partial charge in [-0.2, -0.15) is 0 Å². The molecule has 2 aliphatic rings. The van der Waals surface area contributed by atoms with Gasteiger partial charge in [0, 0.05) is 70.2 Å². The molecule has 0 spiro atoms. The summed E-state index contributed by atoms with van der Waals surface area (Å²) in [5.74, 6) is 0.776. The fraction of sp³-hybridized carbons (Fsp3) is 0.293. The van der Waals surface area contributed by atoms with Crippen LogP contribution >= 0.6 is 0 Å². The van der Waals surface area contributed by atoms with Crippen molar-refractivity contribution in [1.29, 1.82) is 0 Å². The summed E-state index contributed by atoms with van der Waals surface area (Å²) in [6.07, 6.45) is 3.58. The lowest BCUT2D eigenvalue weighted by Crippen LogP contribution is -2.50. The minimum absolute atomic E-state index is 0.00710. The lowest BCUT2D eigenvalue weighted by Gasteiger charge is -2.40. The second-order valence-corrected chi connectivity index (χ2v) is 13.0. The van der Waals surface area contributed by atoms with E-state index < -0.39 is 6.29 Å². The number of carbonyl (C=O) groups is 1. The molecule has 0 unspecified atom stereocenters. The minimum Gasteiger partial charge on any atom is -0.392 e. The van der Waals surface area contributed by atoms with Crippen LogP contribution in [-0.2, 0) is 29.2 Å². The van der Waals surface area contributed by atoms with Crippen molar-refractivity contribution in [1.82, 2.24) is 25.5 Å². The number of carbonyl (C=O) groups excluding carboxylic acids is 1. The van der Waals surface area contributed by atoms with Crippen LogP contribution in [0.15, 0.2) is 122 Å². The van der Waals surface area contributed by atoms with Crippen molar-refractivity contribution < 1.29 is 19.4 Å². The van der Waals surface area contributed by atoms with E-state index in [1.807, 2.05) is 78.9 Å². The molecule has 7 rings (SSSR count). The minimum atomic E-state index is -0.537. The third-order valence-electron chi connectivity index (χ3n) is 9.53. The highest BCUT2D eigenvalue weighted by Crippen LogP contribution is 2.39. The Morgan fingerprint density at radius 2 is 1.41 bits per heavy atom. The Balaban J connectivity index is 1.02. The molecule has 10 heteroatoms. The molecule has 3 N–H and O–H groups in total. The molecule has 0 saturated carbocycles. The summed E-state index contributed by atoms with van der Waals surface area (Å²) in [5, 5.41) is 15.5. The molecule has 3 atom stereocenters. The van der Waals surface area contributed by atoms with E-state index in [0.717, 1.165) is 84.0 Å². The fourth-order valence-electron chi connectivity index (χ4n) is 6.70. The number of benzene rings is 4. The van der Waals surface area contributed by atoms with Crippen LogP contribution in [0, 0.1) is 0 Å². The summed E-state index contributed by atoms with van der Waals surface area (Å²) >= 11 is 0. The Hall–Kier alpha value is -5.13. The zero-order valence-electron chi connectivity index (χ0n) is 28.6. The van der Waals surface area contributed by atoms with Crippen LogP contribution in [0.5, 0.6) is 0 Å². The summed E-state index contributed by atoms with van der Waals surface area (Å²) < 4.78 is 13.3. The van der Waals surface area contributed by atoms with Gasteiger partial charge < -0.3 is 30.1 Å². The van der Waals surface area contributed by atoms with Gasteiger partial charge in [0.25, 0.3) is 0 Å². The van der Waals surface area contributed by atoms with E-state index in [9.17, 15) is 9.90 Å². The molecule has 0 bridgehead atoms. The molecule has 5 aromatic rings. The summed E-state index contributed by atoms with van der Waals surface area (Å²) in [6.45, 7) is 5.20. The third kappa shape index (κ3) is 8.97. The van der Waals surface area contributed by atoms with Crippen LogP contribution in [0.4, 0.5) is 10.7 Å². The van der Waals surface area contributed by atoms with Crippen molar-refractivity contribution in [2.75, 3.05) is 37.6 Å². The third-order valence-corrected chi connectivity index (χ3v) is 9.53. The predicted octanol–water partition coefficient (Wildman–Crippen LogP) is 6.00. The number of urea groups is 1. The van der Waals surface area contributed by atoms with E-state index in [1.54, 1.807) is 12.4 Å². The number of aliphatic hydroxyl groups is 1. The van der Waals surface area contributed by atoms with Gasteiger partial charge in [0.05, 0.1) is 18.8 Å². The normalized spacial score (nSPS) is 19.4. The van der Waals surface area contributed by atoms with Crippen LogP contribution in [0.2, 0.25) is 0 Å². The molecule has 2 amide bonds. The van der Waals surface area contributed by atoms with Crippen molar-refractivity contribution in [2.45, 2.75) is 44.6 Å². The highest BCUT2D eigenvalue weighted by molar-refractivity contribution is 5.75. The highest BCUT2D eigenvalue weighted by atomic mass is 16.7. The molecule has 0 radical (unpaired) electrons. The second-order valence-electron chi connectivity index (χ2n) is 13.0. The molecular weight excluding hydrogens is 640 g/mol. The lowest BCUT2D eigenvalue weighted by molar-refractivity contribution is -0.253. The Kier molecular flexibility index (Phi) is 11.3. The summed E-state index contributed by atoms with van der Waals surface area (Å²) in [6, 6.07) is 35.9. The van der Waals surface area contributed by atoms with Crippen molar-refractivity contribution in [3.63, 3.8) is 0 Å². The fourth-order valence-corrected chi connectivity index (χ4v) is 6.70. The molecule has 2 saturated heterocycles. The first-order chi connectivity index (χ1) is 25.1. The summed E-state index contributed by atoms with van der Waals surface area (Å²) in [4.78, 5) is 26.1. The van der Waals surface area contributed by atoms with Crippen molar-refractivity contribution in [3.05, 3.63) is 149 Å². The number of aromatic nitrogens is 2. The molecule has 51 heavy (non-hydrogen) atoms. The average Bonchev–Trinajstić information content (AvgIpc) is 3.20. The number of rotatable bonds is 11. The Morgan fingerprint density at radius 1 is 0.725 bits per heavy atom. The van der Waals surface area contributed by atoms with Crippen molar-refractivity contribution in [3.8, 4) is 11.1 Å². The zero-order chi connectivity index (χ0) is 34.8. The molecular formula is C41H44N6O4. The predicted molar refractivity (Wildman–Crippen MR) is 197 cm³/mol. The molecule has 0 aliphatic carbocycles. The van der Waals surface area contributed by atoms with Crippen molar-refractivity contribution in [2.24, 2.45) is 0 Å². The van der Waals surface area contributed by atoms with Crippen molar-refractivity contribution >= 4 is 12.0 Å². The van der Waals surface area contributed by atoms with Gasteiger partial charge in [-0.15, -0.1) is 0 Å². The van der Waals surface area contributed by atoms with Crippen LogP contribution in [-0.4, -0.2) is 64.8 Å². The number of hydrogen-bond acceptors (Lipinski definition) is 8. The van der Waals surface area contributed by atoms with E-state index >= 15 is 0 Å². The van der Waals surface area contributed by atoms with Crippen LogP contribution < -0.4 is 15.5 Å². The maximum atomic E-state index is 12.6. The summed E-state index contributed by atoms with van der Waals surface area (Å²) in [7, 11) is 0. The largest absolute Gasteiger partial charge is 0.392 e. The molecule has 2 fully saturated rings. The standard InChI is InChI=1S/C41H44N6O4/c48-29-31-11-13-33(14-12-31)38-25-36(28-46-21-23-47(24-22-46)40-42-19-6-20-43-40)50-39(51-38)34-17-15-32(16-18-34)37-10-5-4-9-35(37)27-45-41(49)44-26-30-7-2-1-3-8-30/h1-20,36,38-39,48H,21-29H2,(H2,44,45,49)/t36-,38+,39+/m1/s1. The van der Waals surface area contributed by atoms with Gasteiger partial charge in [0.2, 0.25) is 5.95 Å². The van der Waals surface area contributed by atoms with Gasteiger partial charge in [-0.05, 0) is 39.4 Å². The van der Waals surface area contributed by atoms with Gasteiger partial charge in [-0.25, -0.2) is 14.8 Å². The van der Waals surface area contributed by atoms with Crippen LogP contribution in [0.1, 0.15) is 46.6 Å². The first-order valence-corrected chi connectivity index (χ1v) is 17.6. The zero-order valence-corrected chi connectivity index (χ0v) is 28.6. The second kappa shape index (κ2) is 16.7. The number of hydrogen-bond donors (Lipinski definition) is 3. The van der Waals surface area contributed by atoms with Gasteiger partial charge in [0.1, 0.15) is 0 Å². The molecule has 1 aromatic heterocycles. The number of nitrogens with one attached hydrogen (secondary N) is 2.